The molecule has 2 aromatic carbocycles. The molecule has 0 radical (unpaired) electrons. The predicted molar refractivity (Wildman–Crippen MR) is 99.2 cm³/mol. The van der Waals surface area contributed by atoms with Gasteiger partial charge in [0.05, 0.1) is 18.6 Å². The van der Waals surface area contributed by atoms with Gasteiger partial charge in [-0.3, -0.25) is 9.59 Å². The molecule has 0 bridgehead atoms. The number of carboxylic acids is 1. The van der Waals surface area contributed by atoms with Gasteiger partial charge in [0.25, 0.3) is 5.91 Å². The first-order valence-corrected chi connectivity index (χ1v) is 8.97. The second kappa shape index (κ2) is 7.96. The van der Waals surface area contributed by atoms with E-state index in [1.807, 2.05) is 0 Å². The Kier molecular flexibility index (Phi) is 5.63. The lowest BCUT2D eigenvalue weighted by atomic mass is 9.86. The largest absolute Gasteiger partial charge is 0.497 e. The molecule has 0 saturated carbocycles. The Balaban J connectivity index is 1.81. The second-order valence-corrected chi connectivity index (χ2v) is 7.00. The van der Waals surface area contributed by atoms with E-state index in [0.29, 0.717) is 17.7 Å². The summed E-state index contributed by atoms with van der Waals surface area (Å²) in [5.41, 5.74) is 0.403. The minimum atomic E-state index is -0.878. The molecule has 1 N–H and O–H groups in total. The average Bonchev–Trinajstić information content (AvgIpc) is 2.66. The number of rotatable bonds is 4. The van der Waals surface area contributed by atoms with Crippen LogP contribution in [-0.4, -0.2) is 42.1 Å². The molecular formula is C21H21F2NO4. The van der Waals surface area contributed by atoms with Crippen LogP contribution in [0.4, 0.5) is 8.78 Å². The molecule has 2 atom stereocenters. The Morgan fingerprint density at radius 2 is 1.89 bits per heavy atom. The summed E-state index contributed by atoms with van der Waals surface area (Å²) >= 11 is 0. The van der Waals surface area contributed by atoms with Gasteiger partial charge >= 0.3 is 5.97 Å². The summed E-state index contributed by atoms with van der Waals surface area (Å²) in [4.78, 5) is 25.4. The van der Waals surface area contributed by atoms with Crippen molar-refractivity contribution >= 4 is 11.9 Å². The molecule has 2 unspecified atom stereocenters. The van der Waals surface area contributed by atoms with E-state index in [1.165, 1.54) is 36.3 Å². The number of carbonyl (C=O) groups excluding carboxylic acids is 1. The Labute approximate surface area is 161 Å². The molecule has 148 valence electrons. The quantitative estimate of drug-likeness (QED) is 0.863. The van der Waals surface area contributed by atoms with Crippen LogP contribution in [0, 0.1) is 23.5 Å². The van der Waals surface area contributed by atoms with Crippen molar-refractivity contribution in [2.45, 2.75) is 13.3 Å². The first-order chi connectivity index (χ1) is 13.3. The normalized spacial score (nSPS) is 19.4. The number of likely N-dealkylation sites (tertiary alicyclic amines) is 1. The van der Waals surface area contributed by atoms with Crippen LogP contribution in [0.15, 0.2) is 36.4 Å². The van der Waals surface area contributed by atoms with Crippen molar-refractivity contribution in [1.29, 1.82) is 0 Å². The fraction of sp³-hybridized carbons (Fsp3) is 0.333. The standard InChI is InChI=1S/C21H21F2NO4/c1-12-11-24(8-7-15(12)21(26)27)20(25)17-5-3-13(9-18(17)22)16-6-4-14(28-2)10-19(16)23/h3-6,9-10,12,15H,7-8,11H2,1-2H3,(H,26,27). The molecule has 0 aliphatic carbocycles. The molecule has 1 fully saturated rings. The number of hydrogen-bond acceptors (Lipinski definition) is 3. The maximum atomic E-state index is 14.6. The summed E-state index contributed by atoms with van der Waals surface area (Å²) in [6.45, 7) is 2.28. The summed E-state index contributed by atoms with van der Waals surface area (Å²) in [5, 5.41) is 9.19. The molecule has 1 aliphatic heterocycles. The van der Waals surface area contributed by atoms with Gasteiger partial charge in [0.1, 0.15) is 17.4 Å². The number of carbonyl (C=O) groups is 2. The summed E-state index contributed by atoms with van der Waals surface area (Å²) < 4.78 is 33.8. The summed E-state index contributed by atoms with van der Waals surface area (Å²) in [7, 11) is 1.43. The molecule has 1 saturated heterocycles. The van der Waals surface area contributed by atoms with E-state index >= 15 is 0 Å². The second-order valence-electron chi connectivity index (χ2n) is 7.00. The van der Waals surface area contributed by atoms with Crippen molar-refractivity contribution in [1.82, 2.24) is 4.90 Å². The lowest BCUT2D eigenvalue weighted by Gasteiger charge is -2.35. The molecule has 28 heavy (non-hydrogen) atoms. The van der Waals surface area contributed by atoms with Gasteiger partial charge < -0.3 is 14.7 Å². The minimum absolute atomic E-state index is 0.112. The Morgan fingerprint density at radius 1 is 1.14 bits per heavy atom. The smallest absolute Gasteiger partial charge is 0.306 e. The van der Waals surface area contributed by atoms with Crippen LogP contribution in [0.2, 0.25) is 0 Å². The van der Waals surface area contributed by atoms with Crippen molar-refractivity contribution in [2.75, 3.05) is 20.2 Å². The number of benzene rings is 2. The molecular weight excluding hydrogens is 368 g/mol. The molecule has 0 aromatic heterocycles. The molecule has 3 rings (SSSR count). The highest BCUT2D eigenvalue weighted by Gasteiger charge is 2.33. The van der Waals surface area contributed by atoms with Gasteiger partial charge in [-0.1, -0.05) is 13.0 Å². The highest BCUT2D eigenvalue weighted by Crippen LogP contribution is 2.29. The lowest BCUT2D eigenvalue weighted by Crippen LogP contribution is -2.45. The monoisotopic (exact) mass is 389 g/mol. The van der Waals surface area contributed by atoms with E-state index in [4.69, 9.17) is 4.74 Å². The van der Waals surface area contributed by atoms with Crippen molar-refractivity contribution in [3.05, 3.63) is 53.6 Å². The van der Waals surface area contributed by atoms with Crippen molar-refractivity contribution in [2.24, 2.45) is 11.8 Å². The number of nitrogens with zero attached hydrogens (tertiary/aromatic N) is 1. The molecule has 7 heteroatoms. The van der Waals surface area contributed by atoms with E-state index in [0.717, 1.165) is 6.07 Å². The van der Waals surface area contributed by atoms with Gasteiger partial charge in [0, 0.05) is 24.7 Å². The molecule has 1 aliphatic rings. The maximum absolute atomic E-state index is 14.6. The maximum Gasteiger partial charge on any atom is 0.306 e. The van der Waals surface area contributed by atoms with E-state index in [-0.39, 0.29) is 30.1 Å². The molecule has 1 heterocycles. The Bertz CT molecular complexity index is 915. The van der Waals surface area contributed by atoms with Gasteiger partial charge in [0.2, 0.25) is 0 Å². The SMILES string of the molecule is COc1ccc(-c2ccc(C(=O)N3CCC(C(=O)O)C(C)C3)c(F)c2)c(F)c1. The van der Waals surface area contributed by atoms with Crippen molar-refractivity contribution in [3.8, 4) is 16.9 Å². The Hall–Kier alpha value is -2.96. The first-order valence-electron chi connectivity index (χ1n) is 8.97. The van der Waals surface area contributed by atoms with E-state index in [1.54, 1.807) is 13.0 Å². The topological polar surface area (TPSA) is 66.8 Å². The number of piperidine rings is 1. The zero-order valence-electron chi connectivity index (χ0n) is 15.6. The van der Waals surface area contributed by atoms with E-state index in [2.05, 4.69) is 0 Å². The third-order valence-corrected chi connectivity index (χ3v) is 5.20. The van der Waals surface area contributed by atoms with Crippen LogP contribution in [0.3, 0.4) is 0 Å². The number of aliphatic carboxylic acids is 1. The number of halogens is 2. The fourth-order valence-corrected chi connectivity index (χ4v) is 3.58. The van der Waals surface area contributed by atoms with Crippen molar-refractivity contribution < 1.29 is 28.2 Å². The number of hydrogen-bond donors (Lipinski definition) is 1. The highest BCUT2D eigenvalue weighted by atomic mass is 19.1. The number of amides is 1. The Morgan fingerprint density at radius 3 is 2.46 bits per heavy atom. The molecule has 5 nitrogen and oxygen atoms in total. The van der Waals surface area contributed by atoms with E-state index in [9.17, 15) is 23.5 Å². The lowest BCUT2D eigenvalue weighted by molar-refractivity contribution is -0.145. The number of methoxy groups -OCH3 is 1. The summed E-state index contributed by atoms with van der Waals surface area (Å²) in [5.74, 6) is -3.03. The number of carboxylic acid groups (broad SMARTS) is 1. The number of ether oxygens (including phenoxy) is 1. The van der Waals surface area contributed by atoms with Gasteiger partial charge in [-0.2, -0.15) is 0 Å². The average molecular weight is 389 g/mol. The molecule has 0 spiro atoms. The van der Waals surface area contributed by atoms with Crippen LogP contribution in [0.5, 0.6) is 5.75 Å². The molecule has 1 amide bonds. The van der Waals surface area contributed by atoms with Gasteiger partial charge in [-0.15, -0.1) is 0 Å². The fourth-order valence-electron chi connectivity index (χ4n) is 3.58. The van der Waals surface area contributed by atoms with Gasteiger partial charge in [0.15, 0.2) is 0 Å². The highest BCUT2D eigenvalue weighted by molar-refractivity contribution is 5.95. The van der Waals surface area contributed by atoms with Gasteiger partial charge in [-0.25, -0.2) is 8.78 Å². The minimum Gasteiger partial charge on any atom is -0.497 e. The molecule has 2 aromatic rings. The van der Waals surface area contributed by atoms with Crippen LogP contribution in [-0.2, 0) is 4.79 Å². The summed E-state index contributed by atoms with van der Waals surface area (Å²) in [6.07, 6.45) is 0.332. The zero-order chi connectivity index (χ0) is 20.4. The first kappa shape index (κ1) is 19.8. The predicted octanol–water partition coefficient (Wildman–Crippen LogP) is 3.82. The van der Waals surface area contributed by atoms with Crippen LogP contribution < -0.4 is 4.74 Å². The summed E-state index contributed by atoms with van der Waals surface area (Å²) in [6, 6.07) is 8.23. The van der Waals surface area contributed by atoms with Crippen LogP contribution in [0.25, 0.3) is 11.1 Å². The van der Waals surface area contributed by atoms with Crippen LogP contribution in [0.1, 0.15) is 23.7 Å². The third-order valence-electron chi connectivity index (χ3n) is 5.20. The third kappa shape index (κ3) is 3.83. The van der Waals surface area contributed by atoms with Gasteiger partial charge in [-0.05, 0) is 42.2 Å². The van der Waals surface area contributed by atoms with Crippen molar-refractivity contribution in [3.63, 3.8) is 0 Å². The van der Waals surface area contributed by atoms with E-state index < -0.39 is 29.4 Å². The van der Waals surface area contributed by atoms with Crippen LogP contribution >= 0.6 is 0 Å². The zero-order valence-corrected chi connectivity index (χ0v) is 15.6.